The molecule has 0 atom stereocenters. The van der Waals surface area contributed by atoms with Gasteiger partial charge < -0.3 is 9.47 Å². The van der Waals surface area contributed by atoms with Crippen LogP contribution >= 0.6 is 0 Å². The third-order valence-corrected chi connectivity index (χ3v) is 9.84. The van der Waals surface area contributed by atoms with Gasteiger partial charge in [-0.05, 0) is 38.5 Å². The van der Waals surface area contributed by atoms with Crippen LogP contribution in [0.15, 0.2) is 49.1 Å². The van der Waals surface area contributed by atoms with E-state index in [1.165, 1.54) is 167 Å². The average Bonchev–Trinajstić information content (AvgIpc) is 3.11. The molecule has 2 aromatic heterocycles. The summed E-state index contributed by atoms with van der Waals surface area (Å²) in [5, 5.41) is 0. The molecular formula is C44H78N2O2+2. The smallest absolute Gasteiger partial charge is 0.172 e. The minimum Gasteiger partial charge on any atom is -0.493 e. The van der Waals surface area contributed by atoms with Crippen molar-refractivity contribution in [2.24, 2.45) is 0 Å². The Hall–Kier alpha value is -2.10. The molecule has 0 aromatic carbocycles. The largest absolute Gasteiger partial charge is 0.493 e. The van der Waals surface area contributed by atoms with Crippen LogP contribution < -0.4 is 18.6 Å². The zero-order chi connectivity index (χ0) is 34.0. The van der Waals surface area contributed by atoms with Gasteiger partial charge in [0.1, 0.15) is 24.6 Å². The van der Waals surface area contributed by atoms with Gasteiger partial charge in [0.15, 0.2) is 24.8 Å². The van der Waals surface area contributed by atoms with E-state index in [0.717, 1.165) is 50.6 Å². The first-order chi connectivity index (χ1) is 23.8. The molecule has 0 saturated heterocycles. The highest BCUT2D eigenvalue weighted by Crippen LogP contribution is 2.14. The highest BCUT2D eigenvalue weighted by Gasteiger charge is 2.04. The first-order valence-corrected chi connectivity index (χ1v) is 21.1. The Kier molecular flexibility index (Phi) is 28.2. The monoisotopic (exact) mass is 667 g/mol. The molecule has 0 radical (unpaired) electrons. The van der Waals surface area contributed by atoms with Gasteiger partial charge in [0.25, 0.3) is 0 Å². The van der Waals surface area contributed by atoms with Gasteiger partial charge in [-0.3, -0.25) is 0 Å². The minimum atomic E-state index is 0.793. The molecule has 2 heterocycles. The van der Waals surface area contributed by atoms with E-state index in [0.29, 0.717) is 0 Å². The first kappa shape index (κ1) is 42.1. The average molecular weight is 667 g/mol. The number of nitrogens with zero attached hydrogens (tertiary/aromatic N) is 2. The number of pyridine rings is 2. The van der Waals surface area contributed by atoms with Crippen LogP contribution in [0.3, 0.4) is 0 Å². The second-order valence-corrected chi connectivity index (χ2v) is 14.4. The molecule has 0 fully saturated rings. The van der Waals surface area contributed by atoms with E-state index in [9.17, 15) is 0 Å². The third kappa shape index (κ3) is 25.0. The van der Waals surface area contributed by atoms with Crippen molar-refractivity contribution in [2.75, 3.05) is 13.2 Å². The highest BCUT2D eigenvalue weighted by molar-refractivity contribution is 5.15. The summed E-state index contributed by atoms with van der Waals surface area (Å²) >= 11 is 0. The molecule has 0 amide bonds. The quantitative estimate of drug-likeness (QED) is 0.0540. The number of ether oxygens (including phenoxy) is 2. The summed E-state index contributed by atoms with van der Waals surface area (Å²) in [6.07, 6.45) is 46.9. The molecule has 0 aliphatic heterocycles. The summed E-state index contributed by atoms with van der Waals surface area (Å²) in [6, 6.07) is 8.49. The fraction of sp³-hybridized carbons (Fsp3) is 0.773. The van der Waals surface area contributed by atoms with Gasteiger partial charge in [-0.2, -0.15) is 0 Å². The Morgan fingerprint density at radius 3 is 0.875 bits per heavy atom. The Morgan fingerprint density at radius 1 is 0.333 bits per heavy atom. The highest BCUT2D eigenvalue weighted by atomic mass is 16.5. The van der Waals surface area contributed by atoms with Gasteiger partial charge in [-0.1, -0.05) is 142 Å². The summed E-state index contributed by atoms with van der Waals surface area (Å²) in [7, 11) is 0. The molecule has 0 aliphatic rings. The third-order valence-electron chi connectivity index (χ3n) is 9.84. The standard InChI is InChI=1S/C44H78N2O2/c1-3-5-7-9-11-13-15-17-19-21-23-27-35-45-37-31-43(32-38-45)47-41-29-25-26-30-42-48-44-33-39-46(40-34-44)36-28-24-22-20-18-16-14-12-10-8-6-4-2/h31-34,37-40H,3-30,35-36,41-42H2,1-2H3/q+2. The molecule has 2 rings (SSSR count). The number of hydrogen-bond acceptors (Lipinski definition) is 2. The van der Waals surface area contributed by atoms with Crippen LogP contribution in [0.1, 0.15) is 194 Å². The fourth-order valence-electron chi connectivity index (χ4n) is 6.59. The lowest BCUT2D eigenvalue weighted by Crippen LogP contribution is -2.32. The van der Waals surface area contributed by atoms with Gasteiger partial charge in [0, 0.05) is 37.1 Å². The van der Waals surface area contributed by atoms with Crippen LogP contribution in [0.5, 0.6) is 11.5 Å². The zero-order valence-corrected chi connectivity index (χ0v) is 32.0. The van der Waals surface area contributed by atoms with Crippen molar-refractivity contribution in [2.45, 2.75) is 207 Å². The van der Waals surface area contributed by atoms with Gasteiger partial charge in [0.2, 0.25) is 0 Å². The lowest BCUT2D eigenvalue weighted by atomic mass is 10.1. The van der Waals surface area contributed by atoms with Crippen LogP contribution in [0, 0.1) is 0 Å². The van der Waals surface area contributed by atoms with Crippen LogP contribution in [-0.2, 0) is 13.1 Å². The number of hydrogen-bond donors (Lipinski definition) is 0. The normalized spacial score (nSPS) is 11.3. The predicted molar refractivity (Wildman–Crippen MR) is 205 cm³/mol. The summed E-state index contributed by atoms with van der Waals surface area (Å²) in [5.74, 6) is 1.98. The van der Waals surface area contributed by atoms with Crippen LogP contribution in [0.4, 0.5) is 0 Å². The molecule has 0 N–H and O–H groups in total. The maximum atomic E-state index is 5.99. The molecule has 0 bridgehead atoms. The van der Waals surface area contributed by atoms with Crippen molar-refractivity contribution in [1.29, 1.82) is 0 Å². The summed E-state index contributed by atoms with van der Waals surface area (Å²) in [5.41, 5.74) is 0. The zero-order valence-electron chi connectivity index (χ0n) is 32.0. The van der Waals surface area contributed by atoms with Crippen molar-refractivity contribution >= 4 is 0 Å². The maximum absolute atomic E-state index is 5.99. The second-order valence-electron chi connectivity index (χ2n) is 14.4. The Labute approximate surface area is 298 Å². The molecule has 0 unspecified atom stereocenters. The molecule has 48 heavy (non-hydrogen) atoms. The Balaban J connectivity index is 1.35. The van der Waals surface area contributed by atoms with Crippen molar-refractivity contribution in [3.8, 4) is 11.5 Å². The van der Waals surface area contributed by atoms with Gasteiger partial charge in [-0.25, -0.2) is 9.13 Å². The van der Waals surface area contributed by atoms with E-state index in [-0.39, 0.29) is 0 Å². The van der Waals surface area contributed by atoms with Gasteiger partial charge >= 0.3 is 0 Å². The molecule has 0 aliphatic carbocycles. The number of rotatable bonds is 35. The Morgan fingerprint density at radius 2 is 0.583 bits per heavy atom. The maximum Gasteiger partial charge on any atom is 0.172 e. The minimum absolute atomic E-state index is 0.793. The van der Waals surface area contributed by atoms with Crippen molar-refractivity contribution in [1.82, 2.24) is 0 Å². The summed E-state index contributed by atoms with van der Waals surface area (Å²) in [4.78, 5) is 0. The van der Waals surface area contributed by atoms with Crippen molar-refractivity contribution in [3.63, 3.8) is 0 Å². The summed E-state index contributed by atoms with van der Waals surface area (Å²) < 4.78 is 16.6. The summed E-state index contributed by atoms with van der Waals surface area (Å²) in [6.45, 7) is 8.40. The number of unbranched alkanes of at least 4 members (excludes halogenated alkanes) is 25. The second kappa shape index (κ2) is 32.1. The van der Waals surface area contributed by atoms with Gasteiger partial charge in [-0.15, -0.1) is 0 Å². The van der Waals surface area contributed by atoms with E-state index in [1.54, 1.807) is 0 Å². The van der Waals surface area contributed by atoms with E-state index in [2.05, 4.69) is 72.0 Å². The molecule has 0 saturated carbocycles. The number of aromatic nitrogens is 2. The van der Waals surface area contributed by atoms with Gasteiger partial charge in [0.05, 0.1) is 13.2 Å². The van der Waals surface area contributed by atoms with E-state index in [4.69, 9.17) is 9.47 Å². The van der Waals surface area contributed by atoms with Crippen LogP contribution in [0.2, 0.25) is 0 Å². The van der Waals surface area contributed by atoms with Crippen molar-refractivity contribution in [3.05, 3.63) is 49.1 Å². The van der Waals surface area contributed by atoms with E-state index in [1.807, 2.05) is 0 Å². The lowest BCUT2D eigenvalue weighted by Gasteiger charge is -2.07. The molecule has 4 heteroatoms. The molecule has 0 spiro atoms. The topological polar surface area (TPSA) is 26.2 Å². The molecule has 274 valence electrons. The van der Waals surface area contributed by atoms with Crippen LogP contribution in [0.25, 0.3) is 0 Å². The fourth-order valence-corrected chi connectivity index (χ4v) is 6.59. The predicted octanol–water partition coefficient (Wildman–Crippen LogP) is 12.7. The van der Waals surface area contributed by atoms with Crippen molar-refractivity contribution < 1.29 is 18.6 Å². The number of aryl methyl sites for hydroxylation is 2. The van der Waals surface area contributed by atoms with E-state index >= 15 is 0 Å². The van der Waals surface area contributed by atoms with E-state index < -0.39 is 0 Å². The Bertz CT molecular complexity index is 852. The lowest BCUT2D eigenvalue weighted by molar-refractivity contribution is -0.697. The molecule has 2 aromatic rings. The van der Waals surface area contributed by atoms with Crippen LogP contribution in [-0.4, -0.2) is 13.2 Å². The molecule has 4 nitrogen and oxygen atoms in total. The first-order valence-electron chi connectivity index (χ1n) is 21.1. The molecular weight excluding hydrogens is 588 g/mol. The SMILES string of the molecule is CCCCCCCCCCCCCC[n+]1ccc(OCCCCCCOc2cc[n+](CCCCCCCCCCCCCC)cc2)cc1.